The average molecular weight is 674 g/mol. The van der Waals surface area contributed by atoms with Gasteiger partial charge in [0.1, 0.15) is 16.2 Å². The Labute approximate surface area is 260 Å². The maximum atomic E-state index is 14.3. The first kappa shape index (κ1) is 34.6. The van der Waals surface area contributed by atoms with E-state index in [2.05, 4.69) is 10.6 Å². The standard InChI is InChI=1S/C30H29F6N3O6S/c1-20(40)37-16-17-38-26(41)39-18-15-27(19-39,21-7-9-22(10-8-21)28(42,29(31,32)33)30(34,35)36)46(43,44)25-13-11-24(12-14-25)45-23-5-3-2-4-6-23/h2-14,42H,15-19H2,1H3,(H,37,40)(H,38,41)/t27-/m0/s1. The SMILES string of the molecule is CC(=O)NCCNC(=O)N1CC[C@](c2ccc(C(O)(C(F)(F)F)C(F)(F)F)cc2)(S(=O)(=O)c2ccc(Oc3ccccc3)cc2)C1. The minimum absolute atomic E-state index is 0.000294. The highest BCUT2D eigenvalue weighted by molar-refractivity contribution is 7.92. The summed E-state index contributed by atoms with van der Waals surface area (Å²) in [6.45, 7) is 0.707. The maximum absolute atomic E-state index is 14.3. The van der Waals surface area contributed by atoms with Gasteiger partial charge in [-0.3, -0.25) is 4.79 Å². The Balaban J connectivity index is 1.72. The highest BCUT2D eigenvalue weighted by Crippen LogP contribution is 2.51. The quantitative estimate of drug-likeness (QED) is 0.217. The number of likely N-dealkylation sites (tertiary alicyclic amines) is 1. The van der Waals surface area contributed by atoms with Crippen LogP contribution in [0, 0.1) is 0 Å². The predicted molar refractivity (Wildman–Crippen MR) is 153 cm³/mol. The van der Waals surface area contributed by atoms with Gasteiger partial charge in [-0.05, 0) is 48.4 Å². The van der Waals surface area contributed by atoms with Crippen LogP contribution in [0.5, 0.6) is 11.5 Å². The molecule has 1 aliphatic rings. The summed E-state index contributed by atoms with van der Waals surface area (Å²) >= 11 is 0. The fraction of sp³-hybridized carbons (Fsp3) is 0.333. The molecule has 3 amide bonds. The lowest BCUT2D eigenvalue weighted by Gasteiger charge is -2.34. The van der Waals surface area contributed by atoms with Crippen molar-refractivity contribution in [3.63, 3.8) is 0 Å². The molecule has 0 radical (unpaired) electrons. The van der Waals surface area contributed by atoms with Gasteiger partial charge in [-0.1, -0.05) is 42.5 Å². The number of hydrogen-bond donors (Lipinski definition) is 3. The largest absolute Gasteiger partial charge is 0.457 e. The van der Waals surface area contributed by atoms with Crippen LogP contribution in [0.25, 0.3) is 0 Å². The summed E-state index contributed by atoms with van der Waals surface area (Å²) in [7, 11) is -4.49. The Kier molecular flexibility index (Phi) is 9.64. The number of sulfone groups is 1. The van der Waals surface area contributed by atoms with Gasteiger partial charge in [0.25, 0.3) is 5.60 Å². The summed E-state index contributed by atoms with van der Waals surface area (Å²) in [5.74, 6) is 0.420. The van der Waals surface area contributed by atoms with Gasteiger partial charge >= 0.3 is 18.4 Å². The molecule has 1 atom stereocenters. The number of urea groups is 1. The molecule has 3 aromatic rings. The molecule has 4 rings (SSSR count). The maximum Gasteiger partial charge on any atom is 0.430 e. The zero-order valence-corrected chi connectivity index (χ0v) is 25.0. The monoisotopic (exact) mass is 673 g/mol. The van der Waals surface area contributed by atoms with Gasteiger partial charge in [-0.15, -0.1) is 0 Å². The molecule has 1 heterocycles. The number of hydrogen-bond acceptors (Lipinski definition) is 6. The van der Waals surface area contributed by atoms with E-state index in [9.17, 15) is 49.5 Å². The van der Waals surface area contributed by atoms with Gasteiger partial charge < -0.3 is 25.4 Å². The van der Waals surface area contributed by atoms with Crippen molar-refractivity contribution in [1.82, 2.24) is 15.5 Å². The van der Waals surface area contributed by atoms with Crippen LogP contribution in [-0.4, -0.2) is 68.9 Å². The van der Waals surface area contributed by atoms with Gasteiger partial charge in [0.05, 0.1) is 4.90 Å². The van der Waals surface area contributed by atoms with E-state index in [1.54, 1.807) is 30.3 Å². The van der Waals surface area contributed by atoms with E-state index >= 15 is 0 Å². The lowest BCUT2D eigenvalue weighted by atomic mass is 9.89. The molecule has 1 saturated heterocycles. The van der Waals surface area contributed by atoms with Crippen molar-refractivity contribution < 1.29 is 54.2 Å². The predicted octanol–water partition coefficient (Wildman–Crippen LogP) is 5.01. The van der Waals surface area contributed by atoms with Crippen LogP contribution >= 0.6 is 0 Å². The second kappa shape index (κ2) is 12.8. The Morgan fingerprint density at radius 1 is 0.848 bits per heavy atom. The van der Waals surface area contributed by atoms with Crippen LogP contribution in [0.4, 0.5) is 31.1 Å². The smallest absolute Gasteiger partial charge is 0.430 e. The lowest BCUT2D eigenvalue weighted by Crippen LogP contribution is -2.54. The molecule has 9 nitrogen and oxygen atoms in total. The van der Waals surface area contributed by atoms with Gasteiger partial charge in [-0.25, -0.2) is 13.2 Å². The molecule has 0 unspecified atom stereocenters. The third kappa shape index (κ3) is 6.63. The molecule has 3 aromatic carbocycles. The third-order valence-electron chi connectivity index (χ3n) is 7.57. The Bertz CT molecular complexity index is 1640. The number of ether oxygens (including phenoxy) is 1. The first-order chi connectivity index (χ1) is 21.4. The molecule has 0 aromatic heterocycles. The first-order valence-electron chi connectivity index (χ1n) is 13.7. The van der Waals surface area contributed by atoms with Crippen LogP contribution in [0.3, 0.4) is 0 Å². The molecule has 0 aliphatic carbocycles. The number of benzene rings is 3. The van der Waals surface area contributed by atoms with Gasteiger partial charge in [0.2, 0.25) is 5.91 Å². The van der Waals surface area contributed by atoms with E-state index < -0.39 is 50.7 Å². The average Bonchev–Trinajstić information content (AvgIpc) is 3.46. The van der Waals surface area contributed by atoms with Gasteiger partial charge in [0, 0.05) is 38.7 Å². The molecule has 1 aliphatic heterocycles. The van der Waals surface area contributed by atoms with Gasteiger partial charge in [-0.2, -0.15) is 26.3 Å². The molecule has 0 spiro atoms. The first-order valence-corrected chi connectivity index (χ1v) is 15.2. The Hall–Kier alpha value is -4.31. The molecule has 1 fully saturated rings. The Morgan fingerprint density at radius 3 is 1.93 bits per heavy atom. The number of aliphatic hydroxyl groups is 1. The summed E-state index contributed by atoms with van der Waals surface area (Å²) in [5.41, 5.74) is -6.97. The zero-order valence-electron chi connectivity index (χ0n) is 24.2. The van der Waals surface area contributed by atoms with Crippen molar-refractivity contribution >= 4 is 21.8 Å². The van der Waals surface area contributed by atoms with Crippen molar-refractivity contribution in [2.24, 2.45) is 0 Å². The summed E-state index contributed by atoms with van der Waals surface area (Å²) in [5, 5.41) is 14.8. The molecule has 46 heavy (non-hydrogen) atoms. The second-order valence-electron chi connectivity index (χ2n) is 10.6. The molecular weight excluding hydrogens is 644 g/mol. The highest BCUT2D eigenvalue weighted by Gasteiger charge is 2.71. The van der Waals surface area contributed by atoms with Crippen molar-refractivity contribution in [1.29, 1.82) is 0 Å². The van der Waals surface area contributed by atoms with E-state index in [1.165, 1.54) is 31.2 Å². The number of rotatable bonds is 9. The molecule has 16 heteroatoms. The van der Waals surface area contributed by atoms with E-state index in [-0.39, 0.29) is 48.2 Å². The van der Waals surface area contributed by atoms with Crippen LogP contribution in [0.1, 0.15) is 24.5 Å². The molecular formula is C30H29F6N3O6S. The number of carbonyl (C=O) groups excluding carboxylic acids is 2. The number of nitrogens with zero attached hydrogens (tertiary/aromatic N) is 1. The second-order valence-corrected chi connectivity index (χ2v) is 12.8. The summed E-state index contributed by atoms with van der Waals surface area (Å²) < 4.78 is 113. The minimum Gasteiger partial charge on any atom is -0.457 e. The van der Waals surface area contributed by atoms with Crippen molar-refractivity contribution in [2.45, 2.75) is 40.9 Å². The van der Waals surface area contributed by atoms with Crippen LogP contribution in [0.15, 0.2) is 83.8 Å². The topological polar surface area (TPSA) is 125 Å². The summed E-state index contributed by atoms with van der Waals surface area (Å²) in [4.78, 5) is 24.9. The van der Waals surface area contributed by atoms with Crippen molar-refractivity contribution in [3.05, 3.63) is 90.0 Å². The zero-order chi connectivity index (χ0) is 34.0. The lowest BCUT2D eigenvalue weighted by molar-refractivity contribution is -0.376. The molecule has 0 bridgehead atoms. The number of halogens is 6. The third-order valence-corrected chi connectivity index (χ3v) is 10.1. The number of para-hydroxylation sites is 1. The van der Waals surface area contributed by atoms with E-state index in [0.717, 1.165) is 17.0 Å². The minimum atomic E-state index is -6.14. The van der Waals surface area contributed by atoms with Crippen LogP contribution < -0.4 is 15.4 Å². The van der Waals surface area contributed by atoms with Gasteiger partial charge in [0.15, 0.2) is 9.84 Å². The Morgan fingerprint density at radius 2 is 1.39 bits per heavy atom. The number of nitrogens with one attached hydrogen (secondary N) is 2. The normalized spacial score (nSPS) is 17.4. The van der Waals surface area contributed by atoms with E-state index in [1.807, 2.05) is 0 Å². The van der Waals surface area contributed by atoms with Crippen molar-refractivity contribution in [2.75, 3.05) is 26.2 Å². The summed E-state index contributed by atoms with van der Waals surface area (Å²) in [6, 6.07) is 15.4. The van der Waals surface area contributed by atoms with Crippen molar-refractivity contribution in [3.8, 4) is 11.5 Å². The van der Waals surface area contributed by atoms with E-state index in [4.69, 9.17) is 4.74 Å². The highest BCUT2D eigenvalue weighted by atomic mass is 32.2. The molecule has 3 N–H and O–H groups in total. The number of amides is 3. The summed E-state index contributed by atoms with van der Waals surface area (Å²) in [6.07, 6.45) is -12.5. The number of alkyl halides is 6. The number of carbonyl (C=O) groups is 2. The molecule has 0 saturated carbocycles. The van der Waals surface area contributed by atoms with Crippen LogP contribution in [0.2, 0.25) is 0 Å². The van der Waals surface area contributed by atoms with Crippen LogP contribution in [-0.2, 0) is 25.0 Å². The fourth-order valence-corrected chi connectivity index (χ4v) is 7.20. The van der Waals surface area contributed by atoms with E-state index in [0.29, 0.717) is 17.9 Å². The fourth-order valence-electron chi connectivity index (χ4n) is 5.13. The molecule has 248 valence electrons.